The standard InChI is InChI=1S/C9H17N5O2S/c1-6(4-13(2)3)14-8(10)11-12-9(14)17-5-7(15)16/h6H,4-5H2,1-3H3,(H2,10,11)(H,15,16). The summed E-state index contributed by atoms with van der Waals surface area (Å²) in [6.45, 7) is 2.77. The summed E-state index contributed by atoms with van der Waals surface area (Å²) in [4.78, 5) is 12.5. The minimum absolute atomic E-state index is 0.0488. The molecule has 1 aromatic rings. The summed E-state index contributed by atoms with van der Waals surface area (Å²) in [5.41, 5.74) is 5.73. The zero-order chi connectivity index (χ0) is 13.0. The van der Waals surface area contributed by atoms with Gasteiger partial charge in [-0.3, -0.25) is 9.36 Å². The molecule has 3 N–H and O–H groups in total. The van der Waals surface area contributed by atoms with E-state index in [0.717, 1.165) is 18.3 Å². The van der Waals surface area contributed by atoms with Gasteiger partial charge < -0.3 is 15.7 Å². The number of aromatic nitrogens is 3. The fourth-order valence-electron chi connectivity index (χ4n) is 1.54. The number of aliphatic carboxylic acids is 1. The molecule has 1 aromatic heterocycles. The average Bonchev–Trinajstić information content (AvgIpc) is 2.55. The van der Waals surface area contributed by atoms with Crippen LogP contribution in [0.4, 0.5) is 5.95 Å². The number of hydrogen-bond donors (Lipinski definition) is 2. The van der Waals surface area contributed by atoms with Crippen LogP contribution in [0.15, 0.2) is 5.16 Å². The van der Waals surface area contributed by atoms with Crippen LogP contribution in [-0.4, -0.2) is 57.1 Å². The molecule has 0 radical (unpaired) electrons. The van der Waals surface area contributed by atoms with Crippen LogP contribution in [0.25, 0.3) is 0 Å². The molecule has 7 nitrogen and oxygen atoms in total. The van der Waals surface area contributed by atoms with Gasteiger partial charge in [-0.1, -0.05) is 11.8 Å². The number of nitrogen functional groups attached to an aromatic ring is 1. The maximum Gasteiger partial charge on any atom is 0.313 e. The number of nitrogens with zero attached hydrogens (tertiary/aromatic N) is 4. The van der Waals surface area contributed by atoms with Crippen molar-refractivity contribution in [2.75, 3.05) is 32.1 Å². The monoisotopic (exact) mass is 259 g/mol. The summed E-state index contributed by atoms with van der Waals surface area (Å²) in [6, 6.07) is 0.0938. The molecule has 1 unspecified atom stereocenters. The minimum atomic E-state index is -0.886. The molecular formula is C9H17N5O2S. The summed E-state index contributed by atoms with van der Waals surface area (Å²) < 4.78 is 1.76. The molecule has 0 aliphatic carbocycles. The summed E-state index contributed by atoms with van der Waals surface area (Å²) >= 11 is 1.12. The van der Waals surface area contributed by atoms with E-state index in [1.165, 1.54) is 0 Å². The van der Waals surface area contributed by atoms with Gasteiger partial charge in [-0.25, -0.2) is 0 Å². The van der Waals surface area contributed by atoms with E-state index in [9.17, 15) is 4.79 Å². The van der Waals surface area contributed by atoms with E-state index in [0.29, 0.717) is 11.1 Å². The highest BCUT2D eigenvalue weighted by Crippen LogP contribution is 2.22. The number of rotatable bonds is 6. The van der Waals surface area contributed by atoms with E-state index in [2.05, 4.69) is 10.2 Å². The van der Waals surface area contributed by atoms with Crippen LogP contribution >= 0.6 is 11.8 Å². The Kier molecular flexibility index (Phi) is 4.76. The summed E-state index contributed by atoms with van der Waals surface area (Å²) in [5, 5.41) is 16.8. The second-order valence-electron chi connectivity index (χ2n) is 4.00. The molecule has 8 heteroatoms. The zero-order valence-electron chi connectivity index (χ0n) is 10.1. The summed E-state index contributed by atoms with van der Waals surface area (Å²) in [7, 11) is 3.92. The lowest BCUT2D eigenvalue weighted by Gasteiger charge is -2.20. The predicted octanol–water partition coefficient (Wildman–Crippen LogP) is 0.160. The Morgan fingerprint density at radius 3 is 2.76 bits per heavy atom. The molecule has 0 aliphatic rings. The van der Waals surface area contributed by atoms with Gasteiger partial charge in [0.2, 0.25) is 5.95 Å². The molecular weight excluding hydrogens is 242 g/mol. The Morgan fingerprint density at radius 2 is 2.24 bits per heavy atom. The van der Waals surface area contributed by atoms with Crippen LogP contribution in [0.2, 0.25) is 0 Å². The molecule has 0 amide bonds. The van der Waals surface area contributed by atoms with Crippen molar-refractivity contribution >= 4 is 23.7 Å². The first-order valence-corrected chi connectivity index (χ1v) is 6.10. The lowest BCUT2D eigenvalue weighted by Crippen LogP contribution is -2.24. The Morgan fingerprint density at radius 1 is 1.59 bits per heavy atom. The zero-order valence-corrected chi connectivity index (χ0v) is 10.9. The largest absolute Gasteiger partial charge is 0.481 e. The van der Waals surface area contributed by atoms with Gasteiger partial charge in [-0.15, -0.1) is 10.2 Å². The van der Waals surface area contributed by atoms with Crippen LogP contribution in [0.3, 0.4) is 0 Å². The maximum absolute atomic E-state index is 10.5. The Hall–Kier alpha value is -1.28. The molecule has 0 saturated carbocycles. The lowest BCUT2D eigenvalue weighted by molar-refractivity contribution is -0.133. The predicted molar refractivity (Wildman–Crippen MR) is 66.1 cm³/mol. The SMILES string of the molecule is CC(CN(C)C)n1c(N)nnc1SCC(=O)O. The van der Waals surface area contributed by atoms with Crippen LogP contribution in [0.5, 0.6) is 0 Å². The van der Waals surface area contributed by atoms with Gasteiger partial charge in [0, 0.05) is 12.6 Å². The van der Waals surface area contributed by atoms with Crippen LogP contribution in [0, 0.1) is 0 Å². The molecule has 0 saturated heterocycles. The van der Waals surface area contributed by atoms with Crippen molar-refractivity contribution in [2.24, 2.45) is 0 Å². The van der Waals surface area contributed by atoms with Gasteiger partial charge in [0.25, 0.3) is 0 Å². The molecule has 0 aromatic carbocycles. The van der Waals surface area contributed by atoms with E-state index >= 15 is 0 Å². The van der Waals surface area contributed by atoms with E-state index in [1.807, 2.05) is 25.9 Å². The Balaban J connectivity index is 2.81. The molecule has 17 heavy (non-hydrogen) atoms. The first-order valence-electron chi connectivity index (χ1n) is 5.11. The van der Waals surface area contributed by atoms with Crippen molar-refractivity contribution in [2.45, 2.75) is 18.1 Å². The normalized spacial score (nSPS) is 12.9. The fourth-order valence-corrected chi connectivity index (χ4v) is 2.30. The highest BCUT2D eigenvalue weighted by atomic mass is 32.2. The Labute approximate surface area is 104 Å². The van der Waals surface area contributed by atoms with Crippen molar-refractivity contribution in [3.63, 3.8) is 0 Å². The molecule has 1 rings (SSSR count). The molecule has 0 fully saturated rings. The number of nitrogens with two attached hydrogens (primary N) is 1. The molecule has 0 bridgehead atoms. The molecule has 96 valence electrons. The first-order chi connectivity index (χ1) is 7.91. The topological polar surface area (TPSA) is 97.3 Å². The van der Waals surface area contributed by atoms with E-state index < -0.39 is 5.97 Å². The third-order valence-electron chi connectivity index (χ3n) is 2.09. The van der Waals surface area contributed by atoms with E-state index in [1.54, 1.807) is 4.57 Å². The lowest BCUT2D eigenvalue weighted by atomic mass is 10.3. The third-order valence-corrected chi connectivity index (χ3v) is 3.01. The number of hydrogen-bond acceptors (Lipinski definition) is 6. The smallest absolute Gasteiger partial charge is 0.313 e. The van der Waals surface area contributed by atoms with Gasteiger partial charge in [-0.2, -0.15) is 0 Å². The van der Waals surface area contributed by atoms with Gasteiger partial charge in [0.05, 0.1) is 5.75 Å². The van der Waals surface area contributed by atoms with Crippen LogP contribution < -0.4 is 5.73 Å². The van der Waals surface area contributed by atoms with Gasteiger partial charge in [0.15, 0.2) is 5.16 Å². The van der Waals surface area contributed by atoms with Crippen LogP contribution in [-0.2, 0) is 4.79 Å². The van der Waals surface area contributed by atoms with Crippen molar-refractivity contribution in [1.82, 2.24) is 19.7 Å². The van der Waals surface area contributed by atoms with Crippen molar-refractivity contribution in [3.8, 4) is 0 Å². The van der Waals surface area contributed by atoms with Crippen molar-refractivity contribution < 1.29 is 9.90 Å². The van der Waals surface area contributed by atoms with Gasteiger partial charge in [-0.05, 0) is 21.0 Å². The molecule has 0 spiro atoms. The minimum Gasteiger partial charge on any atom is -0.481 e. The average molecular weight is 259 g/mol. The molecule has 1 atom stereocenters. The number of likely N-dealkylation sites (N-methyl/N-ethyl adjacent to an activating group) is 1. The summed E-state index contributed by atoms with van der Waals surface area (Å²) in [6.07, 6.45) is 0. The number of thioether (sulfide) groups is 1. The Bertz CT molecular complexity index is 393. The second-order valence-corrected chi connectivity index (χ2v) is 4.95. The van der Waals surface area contributed by atoms with E-state index in [4.69, 9.17) is 10.8 Å². The highest BCUT2D eigenvalue weighted by Gasteiger charge is 2.17. The van der Waals surface area contributed by atoms with Crippen LogP contribution in [0.1, 0.15) is 13.0 Å². The van der Waals surface area contributed by atoms with Gasteiger partial charge >= 0.3 is 5.97 Å². The summed E-state index contributed by atoms with van der Waals surface area (Å²) in [5.74, 6) is -0.622. The maximum atomic E-state index is 10.5. The van der Waals surface area contributed by atoms with Crippen molar-refractivity contribution in [1.29, 1.82) is 0 Å². The first kappa shape index (κ1) is 13.8. The molecule has 1 heterocycles. The van der Waals surface area contributed by atoms with Gasteiger partial charge in [0.1, 0.15) is 0 Å². The number of anilines is 1. The quantitative estimate of drug-likeness (QED) is 0.702. The van der Waals surface area contributed by atoms with E-state index in [-0.39, 0.29) is 11.8 Å². The number of carboxylic acids is 1. The molecule has 0 aliphatic heterocycles. The number of carbonyl (C=O) groups is 1. The second kappa shape index (κ2) is 5.87. The van der Waals surface area contributed by atoms with Crippen molar-refractivity contribution in [3.05, 3.63) is 0 Å². The number of carboxylic acid groups (broad SMARTS) is 1. The fraction of sp³-hybridized carbons (Fsp3) is 0.667. The highest BCUT2D eigenvalue weighted by molar-refractivity contribution is 7.99. The third kappa shape index (κ3) is 3.90.